The van der Waals surface area contributed by atoms with Crippen LogP contribution in [0.2, 0.25) is 5.02 Å². The fourth-order valence-electron chi connectivity index (χ4n) is 14.7. The highest BCUT2D eigenvalue weighted by Gasteiger charge is 2.70. The zero-order chi connectivity index (χ0) is 68.7. The number of phosphoric acid groups is 1. The van der Waals surface area contributed by atoms with Gasteiger partial charge in [0.25, 0.3) is 0 Å². The van der Waals surface area contributed by atoms with Crippen molar-refractivity contribution in [1.29, 1.82) is 5.26 Å². The number of hydrogen-bond donors (Lipinski definition) is 0. The number of nitrogens with zero attached hydrogens (tertiary/aromatic N) is 2. The number of phosphoric ester groups is 1. The average molecular weight is 1400 g/mol. The Hall–Kier alpha value is -4.67. The van der Waals surface area contributed by atoms with E-state index in [4.69, 9.17) is 67.8 Å². The summed E-state index contributed by atoms with van der Waals surface area (Å²) in [6, 6.07) is 25.0. The molecule has 2 saturated carbocycles. The Kier molecular flexibility index (Phi) is 32.3. The number of ether oxygens (including phenoxy) is 9. The van der Waals surface area contributed by atoms with E-state index in [1.807, 2.05) is 79.7 Å². The van der Waals surface area contributed by atoms with Crippen molar-refractivity contribution in [3.8, 4) is 17.6 Å². The number of unbranched alkanes of at least 4 members (excludes halogenated alkanes) is 22. The lowest BCUT2D eigenvalue weighted by Gasteiger charge is -2.49. The van der Waals surface area contributed by atoms with Crippen molar-refractivity contribution in [2.45, 2.75) is 306 Å². The molecule has 0 radical (unpaired) electrons. The quantitative estimate of drug-likeness (QED) is 0.0171. The minimum atomic E-state index is -4.90. The van der Waals surface area contributed by atoms with Gasteiger partial charge in [0.15, 0.2) is 17.7 Å². The maximum absolute atomic E-state index is 16.0. The van der Waals surface area contributed by atoms with Gasteiger partial charge in [-0.2, -0.15) is 5.26 Å². The van der Waals surface area contributed by atoms with E-state index in [1.54, 1.807) is 0 Å². The van der Waals surface area contributed by atoms with Gasteiger partial charge in [0, 0.05) is 68.9 Å². The highest BCUT2D eigenvalue weighted by molar-refractivity contribution is 7.48. The molecule has 9 rings (SSSR count). The number of anilines is 1. The fraction of sp³-hybridized carbons (Fsp3) is 0.684. The van der Waals surface area contributed by atoms with Crippen molar-refractivity contribution >= 4 is 37.0 Å². The summed E-state index contributed by atoms with van der Waals surface area (Å²) >= 11 is 6.35. The predicted octanol–water partition coefficient (Wildman–Crippen LogP) is 19.9. The number of allylic oxidation sites excluding steroid dienone is 4. The molecule has 2 spiro atoms. The summed E-state index contributed by atoms with van der Waals surface area (Å²) in [6.45, 7) is 6.52. The van der Waals surface area contributed by atoms with Crippen molar-refractivity contribution in [1.82, 2.24) is 0 Å². The molecule has 2 unspecified atom stereocenters. The molecule has 17 nitrogen and oxygen atoms in total. The van der Waals surface area contributed by atoms with Crippen molar-refractivity contribution in [2.75, 3.05) is 44.4 Å². The van der Waals surface area contributed by atoms with Crippen LogP contribution in [-0.4, -0.2) is 106 Å². The SMILES string of the molecule is CCCCCCCC/C=C\CCCCCCCC(=O)OCC(COP(=O)(OCCC#N)O[C@H]1[C@H](OC2(OCC)CCN(c3ccc(Cl)cc3)CC2)[C@H]2OC3(O[C@@H]2[C@H]2OC4(CCCC4)O[C@H]21)c1ccccc1Oc1ccccc13)OC(=O)CCCCCCC/C=C\CCCCCCCC. The van der Waals surface area contributed by atoms with Crippen LogP contribution in [0.25, 0.3) is 0 Å². The van der Waals surface area contributed by atoms with Gasteiger partial charge in [-0.25, -0.2) is 4.57 Å². The van der Waals surface area contributed by atoms with E-state index in [1.165, 1.54) is 77.0 Å². The molecule has 0 bridgehead atoms. The van der Waals surface area contributed by atoms with Crippen LogP contribution >= 0.6 is 19.4 Å². The first kappa shape index (κ1) is 77.5. The van der Waals surface area contributed by atoms with Gasteiger partial charge in [-0.1, -0.05) is 177 Å². The third-order valence-corrected chi connectivity index (χ3v) is 21.7. The largest absolute Gasteiger partial charge is 0.475 e. The topological polar surface area (TPSA) is 189 Å². The summed E-state index contributed by atoms with van der Waals surface area (Å²) in [5.41, 5.74) is 2.26. The van der Waals surface area contributed by atoms with Crippen LogP contribution in [0.3, 0.4) is 0 Å². The molecule has 2 aliphatic carbocycles. The van der Waals surface area contributed by atoms with Gasteiger partial charge in [-0.3, -0.25) is 23.2 Å². The van der Waals surface area contributed by atoms with E-state index in [9.17, 15) is 14.9 Å². The minimum absolute atomic E-state index is 0.125. The van der Waals surface area contributed by atoms with E-state index in [-0.39, 0.29) is 32.5 Å². The number of piperidine rings is 1. The van der Waals surface area contributed by atoms with Gasteiger partial charge in [-0.05, 0) is 133 Å². The van der Waals surface area contributed by atoms with Crippen molar-refractivity contribution in [3.05, 3.63) is 113 Å². The smallest absolute Gasteiger partial charge is 0.462 e. The molecule has 6 aliphatic rings. The van der Waals surface area contributed by atoms with Crippen LogP contribution in [0, 0.1) is 11.3 Å². The van der Waals surface area contributed by atoms with E-state index >= 15 is 4.57 Å². The number of rotatable bonds is 46. The Morgan fingerprint density at radius 3 is 1.66 bits per heavy atom. The van der Waals surface area contributed by atoms with Gasteiger partial charge in [0.05, 0.1) is 36.8 Å². The predicted molar refractivity (Wildman–Crippen MR) is 381 cm³/mol. The molecule has 8 atom stereocenters. The normalized spacial score (nSPS) is 22.7. The van der Waals surface area contributed by atoms with Crippen LogP contribution in [-0.2, 0) is 71.4 Å². The average Bonchev–Trinajstić information content (AvgIpc) is 1.52. The second kappa shape index (κ2) is 40.8. The van der Waals surface area contributed by atoms with Gasteiger partial charge in [0.2, 0.25) is 5.79 Å². The standard InChI is InChI=1S/C79H114ClN2O15P/c1-4-7-9-11-13-15-17-19-21-23-25-27-29-31-33-46-69(83)86-60-64(90-70(84)47-34-32-30-28-26-24-22-20-18-16-14-12-10-8-5-2)61-89-98(85,88-59-41-56-81)97-76-74-71(93-78(94-74)52-39-40-53-78)72-73(96-79(95-72)65-42-35-37-44-67(65)91-68-45-38-36-43-66(68)79)75(76)92-77(87-6-3)54-57-82(58-55-77)63-50-48-62(80)49-51-63/h19-22,35-38,42-45,48-51,64,71-76H,4-18,23-34,39-41,46-47,52-55,57-61H2,1-3H3/b21-19-,22-20-/t64?,71-,72-,73+,74-,75-,76-,98?/m1/s1. The maximum atomic E-state index is 16.0. The van der Waals surface area contributed by atoms with Crippen LogP contribution in [0.1, 0.15) is 257 Å². The molecule has 0 amide bonds. The molecule has 0 aromatic heterocycles. The van der Waals surface area contributed by atoms with E-state index in [2.05, 4.69) is 49.1 Å². The van der Waals surface area contributed by atoms with Gasteiger partial charge >= 0.3 is 19.8 Å². The van der Waals surface area contributed by atoms with E-state index in [0.717, 1.165) is 95.6 Å². The van der Waals surface area contributed by atoms with E-state index < -0.39 is 86.5 Å². The molecule has 3 saturated heterocycles. The summed E-state index contributed by atoms with van der Waals surface area (Å²) in [6.07, 6.45) is 34.8. The van der Waals surface area contributed by atoms with Crippen LogP contribution in [0.5, 0.6) is 11.5 Å². The first-order valence-corrected chi connectivity index (χ1v) is 39.8. The first-order chi connectivity index (χ1) is 47.9. The Morgan fingerprint density at radius 2 is 1.10 bits per heavy atom. The molecule has 98 heavy (non-hydrogen) atoms. The lowest BCUT2D eigenvalue weighted by molar-refractivity contribution is -0.308. The summed E-state index contributed by atoms with van der Waals surface area (Å²) in [5, 5.41) is 10.5. The molecule has 19 heteroatoms. The summed E-state index contributed by atoms with van der Waals surface area (Å²) in [4.78, 5) is 29.7. The fourth-order valence-corrected chi connectivity index (χ4v) is 16.2. The molecular weight excluding hydrogens is 1280 g/mol. The van der Waals surface area contributed by atoms with Crippen LogP contribution < -0.4 is 9.64 Å². The molecule has 5 fully saturated rings. The number of hydrogen-bond acceptors (Lipinski definition) is 17. The second-order valence-corrected chi connectivity index (χ2v) is 29.6. The number of nitriles is 1. The van der Waals surface area contributed by atoms with Crippen LogP contribution in [0.15, 0.2) is 97.1 Å². The third-order valence-electron chi connectivity index (χ3n) is 19.9. The van der Waals surface area contributed by atoms with Crippen molar-refractivity contribution in [3.63, 3.8) is 0 Å². The maximum Gasteiger partial charge on any atom is 0.475 e. The molecule has 4 heterocycles. The molecule has 4 aliphatic heterocycles. The number of para-hydroxylation sites is 2. The van der Waals surface area contributed by atoms with Gasteiger partial charge in [-0.15, -0.1) is 0 Å². The molecule has 0 N–H and O–H groups in total. The summed E-state index contributed by atoms with van der Waals surface area (Å²) in [5.74, 6) is -3.72. The Bertz CT molecular complexity index is 2950. The number of carbonyl (C=O) groups is 2. The number of esters is 2. The third kappa shape index (κ3) is 22.7. The molecule has 3 aromatic carbocycles. The van der Waals surface area contributed by atoms with Crippen molar-refractivity contribution in [2.24, 2.45) is 0 Å². The number of halogens is 1. The Morgan fingerprint density at radius 1 is 0.602 bits per heavy atom. The first-order valence-electron chi connectivity index (χ1n) is 37.9. The monoisotopic (exact) mass is 1400 g/mol. The molecule has 3 aromatic rings. The number of benzene rings is 3. The van der Waals surface area contributed by atoms with Gasteiger partial charge < -0.3 is 47.5 Å². The summed E-state index contributed by atoms with van der Waals surface area (Å²) in [7, 11) is -4.90. The number of carbonyl (C=O) groups excluding carboxylic acids is 2. The molecular formula is C79H114ClN2O15P. The number of fused-ring (bicyclic) bond motifs is 7. The Balaban J connectivity index is 0.924. The highest BCUT2D eigenvalue weighted by Crippen LogP contribution is 2.61. The molecule has 542 valence electrons. The van der Waals surface area contributed by atoms with Crippen molar-refractivity contribution < 1.29 is 70.4 Å². The second-order valence-electron chi connectivity index (χ2n) is 27.6. The Labute approximate surface area is 590 Å². The highest BCUT2D eigenvalue weighted by atomic mass is 35.5. The van der Waals surface area contributed by atoms with Crippen LogP contribution in [0.4, 0.5) is 5.69 Å². The minimum Gasteiger partial charge on any atom is -0.462 e. The van der Waals surface area contributed by atoms with E-state index in [0.29, 0.717) is 85.9 Å². The lowest BCUT2D eigenvalue weighted by Crippen LogP contribution is -2.65. The summed E-state index contributed by atoms with van der Waals surface area (Å²) < 4.78 is 97.8. The zero-order valence-electron chi connectivity index (χ0n) is 59.1. The lowest BCUT2D eigenvalue weighted by atomic mass is 9.84. The zero-order valence-corrected chi connectivity index (χ0v) is 60.8. The van der Waals surface area contributed by atoms with Gasteiger partial charge in [0.1, 0.15) is 54.7 Å².